The Morgan fingerprint density at radius 2 is 0.929 bits per heavy atom. The summed E-state index contributed by atoms with van der Waals surface area (Å²) in [6, 6.07) is 36.0. The van der Waals surface area contributed by atoms with Gasteiger partial charge in [0.25, 0.3) is 0 Å². The Bertz CT molecular complexity index is 4770. The van der Waals surface area contributed by atoms with Gasteiger partial charge in [0.15, 0.2) is 0 Å². The Morgan fingerprint density at radius 1 is 0.500 bits per heavy atom. The molecule has 31 heteroatoms. The lowest BCUT2D eigenvalue weighted by atomic mass is 9.69. The Morgan fingerprint density at radius 3 is 1.38 bits per heavy atom. The number of ether oxygens (including phenoxy) is 1. The molecular formula is C81H94F4N22O5. The molecule has 112 heavy (non-hydrogen) atoms. The molecule has 0 radical (unpaired) electrons. The van der Waals surface area contributed by atoms with Crippen molar-refractivity contribution in [3.8, 4) is 35.7 Å². The predicted molar refractivity (Wildman–Crippen MR) is 414 cm³/mol. The number of nitrogens with one attached hydrogen (secondary N) is 7. The van der Waals surface area contributed by atoms with Crippen molar-refractivity contribution in [3.05, 3.63) is 195 Å². The SMILES string of the molecule is Cc1ccc(CNc2ncc(C#N)c(NC3CCC(O)CC3)n2)c(F)c1.Cc1ccccc1CNc1ncc(C#N)c(NC2CCC(O)CC2)n1.Cc1cnnn1-c1ccccc1CNc1ncc(C#N)c(C[C@@H]2CC[C@@H](O)C(C)(C)C2)n1.N#Cc1cnc(NCc2ccccc2OC(F)(F)F)nc1NC1CCC(O)CC1. The standard InChI is InChI=1S/C24H29N7O.C19H20F3N5O2.C19H22FN5O.C19H23N5O/c1-16-13-28-30-31(16)21-7-5-4-6-18(21)14-26-23-27-15-19(12-25)20(29-23)10-17-8-9-22(32)24(2,3)11-17;20-19(21,22)29-16-4-2-1-3-12(16)10-24-18-25-11-13(9-23)17(27-18)26-14-5-7-15(28)8-6-14;1-12-2-3-13(17(20)8-12)10-22-19-23-11-14(9-21)18(25-19)24-15-4-6-16(26)7-5-15;1-13-4-2-3-5-14(13)11-21-19-22-12-15(10-20)18(24-19)23-16-6-8-17(25)9-7-16/h4-7,13,15,17,22,32H,8-11,14H2,1-3H3,(H,26,27,29);1-4,11,14-15,28H,5-8,10H2,(H2,24,25,26,27);2-3,8,11,15-16,26H,4-7,10H2,1H3,(H2,22,23,24,25);2-5,12,16-17,25H,6-9,11H2,1H3,(H2,21,22,23,24)/t17-,22+;;;/m0.../s1. The highest BCUT2D eigenvalue weighted by atomic mass is 19.4. The third kappa shape index (κ3) is 24.4. The summed E-state index contributed by atoms with van der Waals surface area (Å²) in [6.07, 6.45) is 14.5. The highest BCUT2D eigenvalue weighted by Gasteiger charge is 2.37. The summed E-state index contributed by atoms with van der Waals surface area (Å²) in [5.74, 6) is 2.70. The van der Waals surface area contributed by atoms with Gasteiger partial charge in [0, 0.05) is 55.4 Å². The number of hydrogen-bond acceptors (Lipinski definition) is 26. The number of para-hydroxylation sites is 2. The van der Waals surface area contributed by atoms with E-state index < -0.39 is 6.36 Å². The topological polar surface area (TPSA) is 403 Å². The molecule has 4 saturated carbocycles. The van der Waals surface area contributed by atoms with Gasteiger partial charge in [-0.15, -0.1) is 18.3 Å². The van der Waals surface area contributed by atoms with Crippen molar-refractivity contribution < 1.29 is 42.7 Å². The van der Waals surface area contributed by atoms with E-state index >= 15 is 0 Å². The Kier molecular flexibility index (Phi) is 29.4. The zero-order valence-corrected chi connectivity index (χ0v) is 63.2. The summed E-state index contributed by atoms with van der Waals surface area (Å²) in [5, 5.41) is 107. The summed E-state index contributed by atoms with van der Waals surface area (Å²) in [6.45, 7) is 11.5. The molecule has 5 aromatic heterocycles. The molecule has 2 atom stereocenters. The molecule has 0 amide bonds. The molecule has 4 fully saturated rings. The van der Waals surface area contributed by atoms with Crippen LogP contribution in [0.1, 0.15) is 177 Å². The van der Waals surface area contributed by atoms with Crippen LogP contribution in [0.4, 0.5) is 58.8 Å². The van der Waals surface area contributed by atoms with Crippen LogP contribution >= 0.6 is 0 Å². The number of benzene rings is 4. The molecule has 0 aliphatic heterocycles. The van der Waals surface area contributed by atoms with Crippen LogP contribution in [0.15, 0.2) is 122 Å². The molecule has 4 aromatic carbocycles. The first-order valence-corrected chi connectivity index (χ1v) is 37.5. The van der Waals surface area contributed by atoms with Gasteiger partial charge in [-0.25, -0.2) is 34.0 Å². The van der Waals surface area contributed by atoms with Crippen molar-refractivity contribution in [2.24, 2.45) is 11.3 Å². The highest BCUT2D eigenvalue weighted by Crippen LogP contribution is 2.41. The fourth-order valence-corrected chi connectivity index (χ4v) is 13.7. The van der Waals surface area contributed by atoms with Gasteiger partial charge in [0.2, 0.25) is 23.8 Å². The van der Waals surface area contributed by atoms with E-state index in [1.807, 2.05) is 62.4 Å². The van der Waals surface area contributed by atoms with E-state index in [0.717, 1.165) is 112 Å². The number of aromatic nitrogens is 11. The molecule has 0 saturated heterocycles. The molecule has 11 N–H and O–H groups in total. The lowest BCUT2D eigenvalue weighted by molar-refractivity contribution is -0.274. The first kappa shape index (κ1) is 82.7. The van der Waals surface area contributed by atoms with E-state index in [2.05, 4.69) is 143 Å². The van der Waals surface area contributed by atoms with Crippen LogP contribution in [-0.4, -0.2) is 124 Å². The number of rotatable bonds is 22. The highest BCUT2D eigenvalue weighted by molar-refractivity contribution is 5.57. The average Bonchev–Trinajstić information content (AvgIpc) is 1.63. The molecule has 0 bridgehead atoms. The number of anilines is 7. The number of aliphatic hydroxyl groups is 4. The third-order valence-corrected chi connectivity index (χ3v) is 20.2. The number of aryl methyl sites for hydroxylation is 3. The van der Waals surface area contributed by atoms with Gasteiger partial charge >= 0.3 is 6.36 Å². The third-order valence-electron chi connectivity index (χ3n) is 20.2. The summed E-state index contributed by atoms with van der Waals surface area (Å²) < 4.78 is 57.4. The zero-order chi connectivity index (χ0) is 79.7. The zero-order valence-electron chi connectivity index (χ0n) is 63.2. The molecule has 0 unspecified atom stereocenters. The fourth-order valence-electron chi connectivity index (χ4n) is 13.7. The summed E-state index contributed by atoms with van der Waals surface area (Å²) >= 11 is 0. The fraction of sp³-hybridized carbons (Fsp3) is 0.432. The van der Waals surface area contributed by atoms with Gasteiger partial charge in [0.1, 0.15) is 70.0 Å². The normalized spacial score (nSPS) is 19.7. The van der Waals surface area contributed by atoms with Crippen molar-refractivity contribution in [1.29, 1.82) is 21.0 Å². The molecule has 13 rings (SSSR count). The van der Waals surface area contributed by atoms with Crippen LogP contribution in [0, 0.1) is 83.2 Å². The van der Waals surface area contributed by atoms with E-state index in [-0.39, 0.29) is 89.7 Å². The molecule has 27 nitrogen and oxygen atoms in total. The van der Waals surface area contributed by atoms with Gasteiger partial charge in [-0.2, -0.15) is 36.0 Å². The van der Waals surface area contributed by atoms with Gasteiger partial charge < -0.3 is 62.4 Å². The number of hydrogen-bond donors (Lipinski definition) is 11. The molecule has 586 valence electrons. The Balaban J connectivity index is 0.000000159. The summed E-state index contributed by atoms with van der Waals surface area (Å²) in [4.78, 5) is 34.6. The second-order valence-corrected chi connectivity index (χ2v) is 29.2. The molecular weight excluding hydrogens is 1440 g/mol. The van der Waals surface area contributed by atoms with E-state index in [1.54, 1.807) is 35.4 Å². The maximum atomic E-state index is 13.9. The second-order valence-electron chi connectivity index (χ2n) is 29.2. The number of alkyl halides is 3. The van der Waals surface area contributed by atoms with Crippen molar-refractivity contribution in [3.63, 3.8) is 0 Å². The minimum atomic E-state index is -4.79. The van der Waals surface area contributed by atoms with Crippen molar-refractivity contribution in [1.82, 2.24) is 54.9 Å². The molecule has 5 heterocycles. The number of nitriles is 4. The monoisotopic (exact) mass is 1530 g/mol. The number of aliphatic hydroxyl groups excluding tert-OH is 4. The van der Waals surface area contributed by atoms with Gasteiger partial charge in [-0.3, -0.25) is 0 Å². The van der Waals surface area contributed by atoms with E-state index in [4.69, 9.17) is 0 Å². The summed E-state index contributed by atoms with van der Waals surface area (Å²) in [5.41, 5.74) is 9.25. The minimum absolute atomic E-state index is 0.00716. The maximum absolute atomic E-state index is 13.9. The molecule has 9 aromatic rings. The Hall–Kier alpha value is -11.7. The van der Waals surface area contributed by atoms with Crippen LogP contribution in [0.25, 0.3) is 5.69 Å². The van der Waals surface area contributed by atoms with Gasteiger partial charge in [-0.05, 0) is 175 Å². The number of nitrogens with zero attached hydrogens (tertiary/aromatic N) is 15. The van der Waals surface area contributed by atoms with E-state index in [0.29, 0.717) is 95.8 Å². The quantitative estimate of drug-likeness (QED) is 0.0281. The summed E-state index contributed by atoms with van der Waals surface area (Å²) in [7, 11) is 0. The predicted octanol–water partition coefficient (Wildman–Crippen LogP) is 13.3. The molecule has 4 aliphatic rings. The molecule has 0 spiro atoms. The molecule has 4 aliphatic carbocycles. The van der Waals surface area contributed by atoms with Crippen LogP contribution in [-0.2, 0) is 32.6 Å². The number of halogens is 4. The largest absolute Gasteiger partial charge is 0.573 e. The van der Waals surface area contributed by atoms with Crippen LogP contribution in [0.2, 0.25) is 0 Å². The van der Waals surface area contributed by atoms with Crippen molar-refractivity contribution in [2.45, 2.75) is 212 Å². The van der Waals surface area contributed by atoms with Crippen LogP contribution in [0.5, 0.6) is 5.75 Å². The smallest absolute Gasteiger partial charge is 0.405 e. The Labute approximate surface area is 648 Å². The van der Waals surface area contributed by atoms with Gasteiger partial charge in [0.05, 0.1) is 78.0 Å². The van der Waals surface area contributed by atoms with E-state index in [9.17, 15) is 59.0 Å². The lowest BCUT2D eigenvalue weighted by Gasteiger charge is -2.39. The van der Waals surface area contributed by atoms with Crippen LogP contribution in [0.3, 0.4) is 0 Å². The second kappa shape index (κ2) is 39.8. The first-order chi connectivity index (χ1) is 53.9. The van der Waals surface area contributed by atoms with Crippen molar-refractivity contribution >= 4 is 41.2 Å². The minimum Gasteiger partial charge on any atom is -0.405 e. The van der Waals surface area contributed by atoms with Crippen LogP contribution < -0.4 is 42.0 Å². The van der Waals surface area contributed by atoms with E-state index in [1.165, 1.54) is 47.8 Å². The van der Waals surface area contributed by atoms with Gasteiger partial charge in [-0.1, -0.05) is 91.9 Å². The van der Waals surface area contributed by atoms with Crippen molar-refractivity contribution in [2.75, 3.05) is 37.2 Å². The average molecular weight is 1530 g/mol. The first-order valence-electron chi connectivity index (χ1n) is 37.5. The lowest BCUT2D eigenvalue weighted by Crippen LogP contribution is -2.37. The maximum Gasteiger partial charge on any atom is 0.573 e.